The minimum absolute atomic E-state index is 0.182. The Hall–Kier alpha value is -3.30. The summed E-state index contributed by atoms with van der Waals surface area (Å²) in [6.45, 7) is 3.05. The summed E-state index contributed by atoms with van der Waals surface area (Å²) < 4.78 is 19.2. The smallest absolute Gasteiger partial charge is 0.409 e. The fourth-order valence-electron chi connectivity index (χ4n) is 4.61. The number of halogens is 1. The molecule has 0 aromatic heterocycles. The Morgan fingerprint density at radius 1 is 1.21 bits per heavy atom. The summed E-state index contributed by atoms with van der Waals surface area (Å²) in [5.41, 5.74) is 2.06. The van der Waals surface area contributed by atoms with Crippen LogP contribution in [0.3, 0.4) is 0 Å². The Morgan fingerprint density at radius 2 is 1.94 bits per heavy atom. The number of piperazine rings is 1. The first-order valence-corrected chi connectivity index (χ1v) is 11.0. The number of allylic oxidation sites excluding steroid dienone is 1. The molecule has 1 saturated heterocycles. The van der Waals surface area contributed by atoms with E-state index in [9.17, 15) is 19.1 Å². The molecular formula is C24H25FN4O4. The Kier molecular flexibility index (Phi) is 5.59. The van der Waals surface area contributed by atoms with Gasteiger partial charge in [-0.2, -0.15) is 0 Å². The van der Waals surface area contributed by atoms with Crippen molar-refractivity contribution in [3.05, 3.63) is 70.3 Å². The van der Waals surface area contributed by atoms with Crippen LogP contribution in [0.2, 0.25) is 0 Å². The van der Waals surface area contributed by atoms with E-state index in [0.717, 1.165) is 18.7 Å². The summed E-state index contributed by atoms with van der Waals surface area (Å²) >= 11 is 0. The van der Waals surface area contributed by atoms with Gasteiger partial charge in [0.25, 0.3) is 5.91 Å². The highest BCUT2D eigenvalue weighted by Crippen LogP contribution is 2.40. The molecule has 1 N–H and O–H groups in total. The molecule has 1 aromatic carbocycles. The van der Waals surface area contributed by atoms with E-state index in [4.69, 9.17) is 4.74 Å². The van der Waals surface area contributed by atoms with Crippen molar-refractivity contribution in [1.82, 2.24) is 14.7 Å². The van der Waals surface area contributed by atoms with E-state index >= 15 is 0 Å². The zero-order valence-electron chi connectivity index (χ0n) is 18.3. The van der Waals surface area contributed by atoms with Crippen molar-refractivity contribution in [2.24, 2.45) is 4.99 Å². The second-order valence-corrected chi connectivity index (χ2v) is 8.67. The summed E-state index contributed by atoms with van der Waals surface area (Å²) in [5.74, 6) is -0.387. The highest BCUT2D eigenvalue weighted by Gasteiger charge is 2.46. The van der Waals surface area contributed by atoms with E-state index in [-0.39, 0.29) is 30.4 Å². The lowest BCUT2D eigenvalue weighted by Crippen LogP contribution is -2.47. The third-order valence-corrected chi connectivity index (χ3v) is 6.49. The molecular weight excluding hydrogens is 427 g/mol. The molecule has 0 spiro atoms. The molecule has 1 fully saturated rings. The molecule has 0 saturated carbocycles. The zero-order chi connectivity index (χ0) is 23.1. The van der Waals surface area contributed by atoms with Crippen LogP contribution >= 0.6 is 0 Å². The summed E-state index contributed by atoms with van der Waals surface area (Å²) in [4.78, 5) is 35.9. The van der Waals surface area contributed by atoms with Crippen LogP contribution in [0.15, 0.2) is 63.9 Å². The normalized spacial score (nSPS) is 25.0. The van der Waals surface area contributed by atoms with Gasteiger partial charge in [0.1, 0.15) is 23.7 Å². The lowest BCUT2D eigenvalue weighted by Gasteiger charge is -2.33. The van der Waals surface area contributed by atoms with Crippen molar-refractivity contribution in [3.63, 3.8) is 0 Å². The minimum Gasteiger partial charge on any atom is -0.409 e. The van der Waals surface area contributed by atoms with E-state index in [1.807, 2.05) is 7.05 Å². The van der Waals surface area contributed by atoms with Gasteiger partial charge in [0.2, 0.25) is 0 Å². The molecule has 8 nitrogen and oxygen atoms in total. The van der Waals surface area contributed by atoms with Gasteiger partial charge < -0.3 is 24.5 Å². The number of likely N-dealkylation sites (N-methyl/N-ethyl adjacent to an activating group) is 1. The number of rotatable bonds is 3. The molecule has 172 valence electrons. The standard InChI is InChI=1S/C24H25FN4O4/c1-27-9-11-28(12-10-27)24(32)33-22-17-3-2-8-26-20(17)21(30)19-18(22)14-29(23(19)31)13-15-4-6-16(25)7-5-15/h2-8,20-21,30H,9-14H2,1H3. The van der Waals surface area contributed by atoms with Crippen LogP contribution in [0.1, 0.15) is 5.56 Å². The number of ether oxygens (including phenoxy) is 1. The van der Waals surface area contributed by atoms with Gasteiger partial charge in [0.15, 0.2) is 0 Å². The zero-order valence-corrected chi connectivity index (χ0v) is 18.3. The number of aliphatic hydroxyl groups is 1. The summed E-state index contributed by atoms with van der Waals surface area (Å²) in [6, 6.07) is 5.22. The van der Waals surface area contributed by atoms with Crippen molar-refractivity contribution in [2.45, 2.75) is 18.7 Å². The molecule has 5 rings (SSSR count). The monoisotopic (exact) mass is 452 g/mol. The van der Waals surface area contributed by atoms with Crippen LogP contribution in [-0.2, 0) is 16.1 Å². The van der Waals surface area contributed by atoms with Crippen LogP contribution in [0.5, 0.6) is 0 Å². The molecule has 1 aromatic rings. The minimum atomic E-state index is -1.13. The number of carbonyl (C=O) groups excluding carboxylic acids is 2. The van der Waals surface area contributed by atoms with Crippen LogP contribution in [0.25, 0.3) is 0 Å². The van der Waals surface area contributed by atoms with Gasteiger partial charge in [-0.15, -0.1) is 0 Å². The number of aliphatic imine (C=N–C) groups is 1. The first-order valence-electron chi connectivity index (χ1n) is 11.0. The Balaban J connectivity index is 1.43. The SMILES string of the molecule is CN1CCN(C(=O)OC2=C3C=CC=NC3C(O)C3=C2CN(Cc2ccc(F)cc2)C3=O)CC1. The van der Waals surface area contributed by atoms with E-state index < -0.39 is 18.2 Å². The van der Waals surface area contributed by atoms with Gasteiger partial charge in [0, 0.05) is 50.1 Å². The number of hydrogen-bond acceptors (Lipinski definition) is 6. The van der Waals surface area contributed by atoms with E-state index in [0.29, 0.717) is 30.0 Å². The Bertz CT molecular complexity index is 1100. The summed E-state index contributed by atoms with van der Waals surface area (Å²) in [5, 5.41) is 11.0. The van der Waals surface area contributed by atoms with E-state index in [2.05, 4.69) is 9.89 Å². The molecule has 0 bridgehead atoms. The summed E-state index contributed by atoms with van der Waals surface area (Å²) in [7, 11) is 2.00. The molecule has 0 radical (unpaired) electrons. The maximum atomic E-state index is 13.3. The molecule has 3 heterocycles. The Labute approximate surface area is 190 Å². The maximum absolute atomic E-state index is 13.3. The number of aliphatic hydroxyl groups excluding tert-OH is 1. The van der Waals surface area contributed by atoms with Crippen molar-refractivity contribution >= 4 is 18.2 Å². The second kappa shape index (κ2) is 8.57. The molecule has 3 aliphatic heterocycles. The van der Waals surface area contributed by atoms with E-state index in [1.54, 1.807) is 40.3 Å². The van der Waals surface area contributed by atoms with Crippen LogP contribution in [-0.4, -0.2) is 89.9 Å². The average Bonchev–Trinajstić information content (AvgIpc) is 3.14. The predicted octanol–water partition coefficient (Wildman–Crippen LogP) is 1.49. The maximum Gasteiger partial charge on any atom is 0.415 e. The predicted molar refractivity (Wildman–Crippen MR) is 119 cm³/mol. The Morgan fingerprint density at radius 3 is 2.67 bits per heavy atom. The van der Waals surface area contributed by atoms with Crippen molar-refractivity contribution < 1.29 is 23.8 Å². The van der Waals surface area contributed by atoms with Crippen LogP contribution in [0, 0.1) is 5.82 Å². The molecule has 2 atom stereocenters. The molecule has 2 amide bonds. The van der Waals surface area contributed by atoms with E-state index in [1.165, 1.54) is 12.1 Å². The van der Waals surface area contributed by atoms with Gasteiger partial charge >= 0.3 is 6.09 Å². The molecule has 33 heavy (non-hydrogen) atoms. The lowest BCUT2D eigenvalue weighted by molar-refractivity contribution is -0.127. The number of dihydropyridines is 1. The highest BCUT2D eigenvalue weighted by atomic mass is 19.1. The molecule has 1 aliphatic carbocycles. The van der Waals surface area contributed by atoms with Crippen molar-refractivity contribution in [1.29, 1.82) is 0 Å². The van der Waals surface area contributed by atoms with Crippen LogP contribution < -0.4 is 0 Å². The highest BCUT2D eigenvalue weighted by molar-refractivity contribution is 6.00. The van der Waals surface area contributed by atoms with Gasteiger partial charge in [-0.1, -0.05) is 18.2 Å². The van der Waals surface area contributed by atoms with Gasteiger partial charge in [-0.05, 0) is 30.8 Å². The second-order valence-electron chi connectivity index (χ2n) is 8.67. The van der Waals surface area contributed by atoms with Gasteiger partial charge in [-0.3, -0.25) is 9.79 Å². The lowest BCUT2D eigenvalue weighted by atomic mass is 9.84. The third kappa shape index (κ3) is 3.98. The molecule has 4 aliphatic rings. The fourth-order valence-corrected chi connectivity index (χ4v) is 4.61. The quantitative estimate of drug-likeness (QED) is 0.751. The average molecular weight is 452 g/mol. The number of nitrogens with zero attached hydrogens (tertiary/aromatic N) is 4. The molecule has 2 unspecified atom stereocenters. The first kappa shape index (κ1) is 21.5. The van der Waals surface area contributed by atoms with Crippen LogP contribution in [0.4, 0.5) is 9.18 Å². The first-order chi connectivity index (χ1) is 15.9. The number of benzene rings is 1. The topological polar surface area (TPSA) is 85.7 Å². The summed E-state index contributed by atoms with van der Waals surface area (Å²) in [6.07, 6.45) is 3.46. The van der Waals surface area contributed by atoms with Crippen molar-refractivity contribution in [3.8, 4) is 0 Å². The molecule has 9 heteroatoms. The van der Waals surface area contributed by atoms with Crippen molar-refractivity contribution in [2.75, 3.05) is 39.8 Å². The van der Waals surface area contributed by atoms with Gasteiger partial charge in [0.05, 0.1) is 12.1 Å². The fraction of sp³-hybridized carbons (Fsp3) is 0.375. The number of amides is 2. The van der Waals surface area contributed by atoms with Gasteiger partial charge in [-0.25, -0.2) is 9.18 Å². The number of fused-ring (bicyclic) bond motifs is 1. The largest absolute Gasteiger partial charge is 0.415 e. The number of carbonyl (C=O) groups is 2. The number of hydrogen-bond donors (Lipinski definition) is 1. The third-order valence-electron chi connectivity index (χ3n) is 6.49.